The van der Waals surface area contributed by atoms with Crippen LogP contribution in [0, 0.1) is 5.82 Å². The lowest BCUT2D eigenvalue weighted by molar-refractivity contribution is 0.0673. The van der Waals surface area contributed by atoms with E-state index in [1.54, 1.807) is 0 Å². The fourth-order valence-corrected chi connectivity index (χ4v) is 1.63. The number of halogens is 4. The molecule has 1 heterocycles. The molecule has 0 unspecified atom stereocenters. The number of aromatic nitrogens is 2. The lowest BCUT2D eigenvalue weighted by Crippen LogP contribution is -2.09. The van der Waals surface area contributed by atoms with Crippen molar-refractivity contribution < 1.29 is 13.2 Å². The second kappa shape index (κ2) is 5.30. The molecule has 0 radical (unpaired) electrons. The predicted octanol–water partition coefficient (Wildman–Crippen LogP) is 3.68. The van der Waals surface area contributed by atoms with E-state index in [1.807, 2.05) is 0 Å². The zero-order valence-corrected chi connectivity index (χ0v) is 9.83. The van der Waals surface area contributed by atoms with Crippen LogP contribution in [0.15, 0.2) is 30.6 Å². The maximum absolute atomic E-state index is 12.9. The molecule has 1 N–H and O–H groups in total. The second-order valence-corrected chi connectivity index (χ2v) is 3.92. The topological polar surface area (TPSA) is 29.9 Å². The Bertz CT molecular complexity index is 542. The zero-order valence-electron chi connectivity index (χ0n) is 9.08. The predicted molar refractivity (Wildman–Crippen MR) is 62.2 cm³/mol. The van der Waals surface area contributed by atoms with E-state index in [0.717, 1.165) is 4.57 Å². The highest BCUT2D eigenvalue weighted by molar-refractivity contribution is 6.31. The summed E-state index contributed by atoms with van der Waals surface area (Å²) in [5, 5.41) is 2.81. The monoisotopic (exact) mass is 275 g/mol. The first-order valence-corrected chi connectivity index (χ1v) is 5.44. The summed E-state index contributed by atoms with van der Waals surface area (Å²) in [4.78, 5) is 3.81. The third kappa shape index (κ3) is 2.76. The minimum atomic E-state index is -2.64. The van der Waals surface area contributed by atoms with E-state index in [0.29, 0.717) is 5.69 Å². The van der Waals surface area contributed by atoms with Gasteiger partial charge in [0.25, 0.3) is 0 Å². The van der Waals surface area contributed by atoms with Crippen molar-refractivity contribution in [3.63, 3.8) is 0 Å². The van der Waals surface area contributed by atoms with Gasteiger partial charge in [-0.2, -0.15) is 8.78 Å². The Labute approximate surface area is 106 Å². The van der Waals surface area contributed by atoms with Crippen LogP contribution in [0.4, 0.5) is 18.9 Å². The minimum absolute atomic E-state index is 0.0304. The molecule has 0 saturated carbocycles. The van der Waals surface area contributed by atoms with Crippen LogP contribution in [0.5, 0.6) is 0 Å². The smallest absolute Gasteiger partial charge is 0.319 e. The van der Waals surface area contributed by atoms with Gasteiger partial charge in [0.1, 0.15) is 11.6 Å². The number of anilines is 1. The van der Waals surface area contributed by atoms with Crippen molar-refractivity contribution in [2.24, 2.45) is 0 Å². The minimum Gasteiger partial charge on any atom is -0.378 e. The molecule has 0 saturated heterocycles. The summed E-state index contributed by atoms with van der Waals surface area (Å²) in [6.45, 7) is -2.54. The standard InChI is InChI=1S/C11H9ClF3N3/c12-8-5-7(1-2-9(8)13)17-6-10-16-3-4-18(10)11(14)15/h1-5,11,17H,6H2. The number of imidazole rings is 1. The van der Waals surface area contributed by atoms with Crippen molar-refractivity contribution in [1.82, 2.24) is 9.55 Å². The molecule has 0 atom stereocenters. The first kappa shape index (κ1) is 12.8. The molecule has 96 valence electrons. The first-order chi connectivity index (χ1) is 8.58. The van der Waals surface area contributed by atoms with Gasteiger partial charge in [-0.15, -0.1) is 0 Å². The van der Waals surface area contributed by atoms with Crippen LogP contribution in [0.1, 0.15) is 12.4 Å². The van der Waals surface area contributed by atoms with Crippen molar-refractivity contribution >= 4 is 17.3 Å². The zero-order chi connectivity index (χ0) is 13.1. The average Bonchev–Trinajstić information content (AvgIpc) is 2.79. The molecular weight excluding hydrogens is 267 g/mol. The molecule has 0 aliphatic rings. The van der Waals surface area contributed by atoms with E-state index < -0.39 is 12.4 Å². The Morgan fingerprint density at radius 1 is 1.39 bits per heavy atom. The number of rotatable bonds is 4. The Kier molecular flexibility index (Phi) is 3.76. The molecular formula is C11H9ClF3N3. The SMILES string of the molecule is Fc1ccc(NCc2nccn2C(F)F)cc1Cl. The molecule has 0 amide bonds. The largest absolute Gasteiger partial charge is 0.378 e. The lowest BCUT2D eigenvalue weighted by Gasteiger charge is -2.09. The summed E-state index contributed by atoms with van der Waals surface area (Å²) in [6.07, 6.45) is 2.49. The van der Waals surface area contributed by atoms with Gasteiger partial charge in [0.2, 0.25) is 0 Å². The molecule has 3 nitrogen and oxygen atoms in total. The van der Waals surface area contributed by atoms with Crippen molar-refractivity contribution in [2.75, 3.05) is 5.32 Å². The van der Waals surface area contributed by atoms with Crippen LogP contribution in [0.2, 0.25) is 5.02 Å². The normalized spacial score (nSPS) is 10.9. The van der Waals surface area contributed by atoms with Gasteiger partial charge in [0.05, 0.1) is 11.6 Å². The van der Waals surface area contributed by atoms with Crippen LogP contribution >= 0.6 is 11.6 Å². The van der Waals surface area contributed by atoms with Crippen LogP contribution < -0.4 is 5.32 Å². The van der Waals surface area contributed by atoms with Crippen molar-refractivity contribution in [1.29, 1.82) is 0 Å². The molecule has 0 aliphatic carbocycles. The van der Waals surface area contributed by atoms with Crippen molar-refractivity contribution in [3.8, 4) is 0 Å². The summed E-state index contributed by atoms with van der Waals surface area (Å²) in [6, 6.07) is 4.05. The number of hydrogen-bond donors (Lipinski definition) is 1. The fraction of sp³-hybridized carbons (Fsp3) is 0.182. The summed E-state index contributed by atoms with van der Waals surface area (Å²) < 4.78 is 38.7. The third-order valence-corrected chi connectivity index (χ3v) is 2.62. The van der Waals surface area contributed by atoms with Crippen molar-refractivity contribution in [3.05, 3.63) is 47.3 Å². The highest BCUT2D eigenvalue weighted by Gasteiger charge is 2.11. The van der Waals surface area contributed by atoms with E-state index in [-0.39, 0.29) is 17.4 Å². The van der Waals surface area contributed by atoms with Gasteiger partial charge in [-0.3, -0.25) is 4.57 Å². The number of benzene rings is 1. The van der Waals surface area contributed by atoms with Crippen molar-refractivity contribution in [2.45, 2.75) is 13.1 Å². The Morgan fingerprint density at radius 3 is 2.83 bits per heavy atom. The maximum atomic E-state index is 12.9. The fourth-order valence-electron chi connectivity index (χ4n) is 1.45. The molecule has 2 rings (SSSR count). The van der Waals surface area contributed by atoms with E-state index in [1.165, 1.54) is 30.6 Å². The van der Waals surface area contributed by atoms with Gasteiger partial charge in [-0.05, 0) is 18.2 Å². The van der Waals surface area contributed by atoms with Crippen LogP contribution in [-0.2, 0) is 6.54 Å². The number of hydrogen-bond acceptors (Lipinski definition) is 2. The van der Waals surface area contributed by atoms with Gasteiger partial charge in [-0.25, -0.2) is 9.37 Å². The number of nitrogens with one attached hydrogen (secondary N) is 1. The molecule has 7 heteroatoms. The van der Waals surface area contributed by atoms with Gasteiger partial charge >= 0.3 is 6.55 Å². The van der Waals surface area contributed by atoms with Gasteiger partial charge < -0.3 is 5.32 Å². The van der Waals surface area contributed by atoms with Gasteiger partial charge in [-0.1, -0.05) is 11.6 Å². The molecule has 2 aromatic rings. The summed E-state index contributed by atoms with van der Waals surface area (Å²) >= 11 is 5.60. The second-order valence-electron chi connectivity index (χ2n) is 3.51. The maximum Gasteiger partial charge on any atom is 0.319 e. The number of nitrogens with zero attached hydrogens (tertiary/aromatic N) is 2. The van der Waals surface area contributed by atoms with Crippen LogP contribution in [-0.4, -0.2) is 9.55 Å². The summed E-state index contributed by atoms with van der Waals surface area (Å²) in [7, 11) is 0. The molecule has 0 bridgehead atoms. The van der Waals surface area contributed by atoms with E-state index in [4.69, 9.17) is 11.6 Å². The van der Waals surface area contributed by atoms with Gasteiger partial charge in [0, 0.05) is 18.1 Å². The van der Waals surface area contributed by atoms with Crippen LogP contribution in [0.25, 0.3) is 0 Å². The highest BCUT2D eigenvalue weighted by Crippen LogP contribution is 2.20. The lowest BCUT2D eigenvalue weighted by atomic mass is 10.3. The number of alkyl halides is 2. The summed E-state index contributed by atoms with van der Waals surface area (Å²) in [5.74, 6) is -0.346. The average molecular weight is 276 g/mol. The molecule has 1 aromatic heterocycles. The Hall–Kier alpha value is -1.69. The quantitative estimate of drug-likeness (QED) is 0.922. The molecule has 0 fully saturated rings. The van der Waals surface area contributed by atoms with E-state index in [2.05, 4.69) is 10.3 Å². The molecule has 0 aliphatic heterocycles. The molecule has 0 spiro atoms. The summed E-state index contributed by atoms with van der Waals surface area (Å²) in [5.41, 5.74) is 0.533. The van der Waals surface area contributed by atoms with E-state index in [9.17, 15) is 13.2 Å². The Balaban J connectivity index is 2.07. The molecule has 1 aromatic carbocycles. The first-order valence-electron chi connectivity index (χ1n) is 5.06. The van der Waals surface area contributed by atoms with E-state index >= 15 is 0 Å². The third-order valence-electron chi connectivity index (χ3n) is 2.33. The Morgan fingerprint density at radius 2 is 2.17 bits per heavy atom. The molecule has 18 heavy (non-hydrogen) atoms. The van der Waals surface area contributed by atoms with Crippen LogP contribution in [0.3, 0.4) is 0 Å². The highest BCUT2D eigenvalue weighted by atomic mass is 35.5. The van der Waals surface area contributed by atoms with Gasteiger partial charge in [0.15, 0.2) is 0 Å².